The Balaban J connectivity index is 0.948. The average Bonchev–Trinajstić information content (AvgIpc) is 4.01. The van der Waals surface area contributed by atoms with Crippen LogP contribution in [0.1, 0.15) is 87.2 Å². The van der Waals surface area contributed by atoms with Crippen molar-refractivity contribution in [2.45, 2.75) is 76.7 Å². The van der Waals surface area contributed by atoms with E-state index in [4.69, 9.17) is 14.6 Å². The highest BCUT2D eigenvalue weighted by Gasteiger charge is 2.62. The van der Waals surface area contributed by atoms with Crippen LogP contribution < -0.4 is 20.1 Å². The van der Waals surface area contributed by atoms with E-state index >= 15 is 0 Å². The van der Waals surface area contributed by atoms with Crippen molar-refractivity contribution in [2.24, 2.45) is 23.7 Å². The Labute approximate surface area is 468 Å². The fourth-order valence-electron chi connectivity index (χ4n) is 12.7. The lowest BCUT2D eigenvalue weighted by Crippen LogP contribution is -2.70. The Bertz CT molecular complexity index is 2610. The molecule has 5 fully saturated rings. The molecule has 80 heavy (non-hydrogen) atoms. The summed E-state index contributed by atoms with van der Waals surface area (Å²) in [6.07, 6.45) is 5.76. The number of anilines is 1. The zero-order valence-corrected chi connectivity index (χ0v) is 47.2. The number of carboxylic acid groups (broad SMARTS) is 4. The Morgan fingerprint density at radius 2 is 1.18 bits per heavy atom. The minimum atomic E-state index is -1.38. The molecule has 0 atom stereocenters. The minimum Gasteiger partial charge on any atom is -0.496 e. The summed E-state index contributed by atoms with van der Waals surface area (Å²) >= 11 is 0. The van der Waals surface area contributed by atoms with E-state index in [0.29, 0.717) is 105 Å². The van der Waals surface area contributed by atoms with E-state index in [1.165, 1.54) is 0 Å². The fourth-order valence-corrected chi connectivity index (χ4v) is 12.7. The molecule has 2 heterocycles. The molecular weight excluding hydrogens is 1030 g/mol. The second-order valence-electron chi connectivity index (χ2n) is 22.6. The topological polar surface area (TPSA) is 280 Å². The molecule has 4 saturated carbocycles. The molecule has 438 valence electrons. The van der Waals surface area contributed by atoms with Gasteiger partial charge in [0.1, 0.15) is 17.0 Å². The second-order valence-corrected chi connectivity index (χ2v) is 22.6. The molecule has 23 nitrogen and oxygen atoms in total. The van der Waals surface area contributed by atoms with Gasteiger partial charge in [0.2, 0.25) is 11.8 Å². The molecule has 2 aromatic carbocycles. The maximum Gasteiger partial charge on any atom is 0.330 e. The van der Waals surface area contributed by atoms with Crippen LogP contribution in [0, 0.1) is 23.7 Å². The lowest BCUT2D eigenvalue weighted by atomic mass is 9.48. The van der Waals surface area contributed by atoms with Crippen molar-refractivity contribution in [1.29, 1.82) is 0 Å². The molecular formula is C57H82N10O13. The van der Waals surface area contributed by atoms with Crippen molar-refractivity contribution in [2.75, 3.05) is 132 Å². The van der Waals surface area contributed by atoms with Gasteiger partial charge in [0.25, 0.3) is 5.91 Å². The van der Waals surface area contributed by atoms with Gasteiger partial charge in [-0.3, -0.25) is 48.4 Å². The van der Waals surface area contributed by atoms with Crippen molar-refractivity contribution in [3.05, 3.63) is 53.7 Å². The van der Waals surface area contributed by atoms with Gasteiger partial charge in [0.05, 0.1) is 57.3 Å². The quantitative estimate of drug-likeness (QED) is 0.0706. The summed E-state index contributed by atoms with van der Waals surface area (Å²) < 4.78 is 13.3. The van der Waals surface area contributed by atoms with Crippen LogP contribution >= 0.6 is 0 Å². The number of hydrogen-bond donors (Lipinski definition) is 6. The van der Waals surface area contributed by atoms with E-state index < -0.39 is 35.3 Å². The first-order chi connectivity index (χ1) is 38.2. The Morgan fingerprint density at radius 3 is 1.65 bits per heavy atom. The second kappa shape index (κ2) is 27.7. The first kappa shape index (κ1) is 61.0. The van der Waals surface area contributed by atoms with Gasteiger partial charge >= 0.3 is 23.9 Å². The number of benzene rings is 2. The lowest BCUT2D eigenvalue weighted by molar-refractivity contribution is -0.163. The van der Waals surface area contributed by atoms with Crippen molar-refractivity contribution in [1.82, 2.24) is 44.5 Å². The molecule has 5 aliphatic rings. The van der Waals surface area contributed by atoms with E-state index in [1.54, 1.807) is 75.9 Å². The number of hydrogen-bond acceptors (Lipinski definition) is 15. The molecule has 0 unspecified atom stereocenters. The highest BCUT2D eigenvalue weighted by atomic mass is 16.5. The highest BCUT2D eigenvalue weighted by Crippen LogP contribution is 2.58. The number of amides is 3. The van der Waals surface area contributed by atoms with E-state index in [1.807, 2.05) is 37.9 Å². The zero-order chi connectivity index (χ0) is 57.8. The van der Waals surface area contributed by atoms with Crippen molar-refractivity contribution in [3.63, 3.8) is 0 Å². The molecule has 4 aliphatic carbocycles. The van der Waals surface area contributed by atoms with Gasteiger partial charge in [-0.25, -0.2) is 9.48 Å². The lowest BCUT2D eigenvalue weighted by Gasteiger charge is -2.59. The van der Waals surface area contributed by atoms with Gasteiger partial charge in [-0.2, -0.15) is 5.10 Å². The van der Waals surface area contributed by atoms with Crippen LogP contribution in [0.15, 0.2) is 42.5 Å². The number of likely N-dealkylation sites (N-methyl/N-ethyl adjacent to an activating group) is 1. The first-order valence-corrected chi connectivity index (χ1v) is 28.0. The van der Waals surface area contributed by atoms with Gasteiger partial charge in [0, 0.05) is 78.1 Å². The normalized spacial score (nSPS) is 22.1. The Kier molecular flexibility index (Phi) is 21.1. The first-order valence-electron chi connectivity index (χ1n) is 28.0. The molecule has 3 amide bonds. The molecule has 0 spiro atoms. The molecule has 1 saturated heterocycles. The van der Waals surface area contributed by atoms with Crippen LogP contribution in [-0.2, 0) is 28.8 Å². The summed E-state index contributed by atoms with van der Waals surface area (Å²) in [5, 5.41) is 50.5. The molecule has 6 N–H and O–H groups in total. The summed E-state index contributed by atoms with van der Waals surface area (Å²) in [7, 11) is 6.79. The standard InChI is InChI=1S/C57H82N10O13/c1-37(2)43-31-42(13-14-45(43)67-46(54-47(79-5)10-7-11-48(54)80-6)32-44(60-67)55(76)59-57(56(77)78)40-27-38-26-39(29-40)30-41(57)28-38)58-49(68)12-8-15-61(3)16-9-17-62(4)50(69)33-63-18-20-64(34-51(70)71)22-24-66(36-53(74)75)25-23-65(21-19-63)35-52(72)73/h7,10-11,13-14,31-32,37-41H,8-9,12,15-30,33-36H2,1-6H3,(H,58,68)(H,59,76)(H,70,71)(H,72,73)(H,74,75)(H,77,78). The maximum atomic E-state index is 14.5. The summed E-state index contributed by atoms with van der Waals surface area (Å²) in [5.74, 6) is -3.36. The van der Waals surface area contributed by atoms with E-state index in [2.05, 4.69) is 15.5 Å². The summed E-state index contributed by atoms with van der Waals surface area (Å²) in [4.78, 5) is 100. The number of carboxylic acids is 4. The van der Waals surface area contributed by atoms with Gasteiger partial charge < -0.3 is 50.3 Å². The number of nitrogens with zero attached hydrogens (tertiary/aromatic N) is 8. The maximum absolute atomic E-state index is 14.5. The molecule has 3 aromatic rings. The molecule has 1 aliphatic heterocycles. The third-order valence-corrected chi connectivity index (χ3v) is 16.7. The highest BCUT2D eigenvalue weighted by molar-refractivity contribution is 5.98. The smallest absolute Gasteiger partial charge is 0.330 e. The third-order valence-electron chi connectivity index (χ3n) is 16.7. The van der Waals surface area contributed by atoms with Gasteiger partial charge in [0.15, 0.2) is 5.69 Å². The summed E-state index contributed by atoms with van der Waals surface area (Å²) in [5.41, 5.74) is 1.79. The third kappa shape index (κ3) is 15.4. The zero-order valence-electron chi connectivity index (χ0n) is 47.2. The molecule has 4 bridgehead atoms. The Hall–Kier alpha value is -6.66. The van der Waals surface area contributed by atoms with Gasteiger partial charge in [-0.05, 0) is 137 Å². The SMILES string of the molecule is COc1cccc(OC)c1-c1cc(C(=O)NC2(C(=O)O)C3CC4CC(C3)CC2C4)nn1-c1ccc(NC(=O)CCCN(C)CCCN(C)C(=O)CN2CCN(CC(=O)O)CCN(CC(=O)O)CCN(CC(=O)O)CC2)cc1C(C)C. The molecule has 23 heteroatoms. The monoisotopic (exact) mass is 1110 g/mol. The minimum absolute atomic E-state index is 0.0503. The van der Waals surface area contributed by atoms with Crippen LogP contribution in [0.5, 0.6) is 11.5 Å². The number of carbonyl (C=O) groups is 7. The number of rotatable bonds is 25. The molecule has 8 rings (SSSR count). The number of ether oxygens (including phenoxy) is 2. The molecule has 1 aromatic heterocycles. The molecule has 0 radical (unpaired) electrons. The van der Waals surface area contributed by atoms with Crippen LogP contribution in [-0.4, -0.2) is 233 Å². The van der Waals surface area contributed by atoms with E-state index in [9.17, 15) is 54.0 Å². The van der Waals surface area contributed by atoms with E-state index in [0.717, 1.165) is 37.7 Å². The number of methoxy groups -OCH3 is 2. The van der Waals surface area contributed by atoms with Crippen molar-refractivity contribution < 1.29 is 63.5 Å². The van der Waals surface area contributed by atoms with Crippen molar-refractivity contribution >= 4 is 47.3 Å². The van der Waals surface area contributed by atoms with Crippen LogP contribution in [0.2, 0.25) is 0 Å². The fraction of sp³-hybridized carbons (Fsp3) is 0.614. The van der Waals surface area contributed by atoms with Crippen molar-refractivity contribution in [3.8, 4) is 28.4 Å². The van der Waals surface area contributed by atoms with Gasteiger partial charge in [-0.15, -0.1) is 0 Å². The largest absolute Gasteiger partial charge is 0.496 e. The summed E-state index contributed by atoms with van der Waals surface area (Å²) in [6.45, 7) is 7.59. The predicted molar refractivity (Wildman–Crippen MR) is 297 cm³/mol. The number of aliphatic carboxylic acids is 4. The van der Waals surface area contributed by atoms with Crippen LogP contribution in [0.25, 0.3) is 16.9 Å². The van der Waals surface area contributed by atoms with Crippen LogP contribution in [0.4, 0.5) is 5.69 Å². The summed E-state index contributed by atoms with van der Waals surface area (Å²) in [6, 6.07) is 12.6. The van der Waals surface area contributed by atoms with E-state index in [-0.39, 0.29) is 94.0 Å². The number of aromatic nitrogens is 2. The van der Waals surface area contributed by atoms with Crippen LogP contribution in [0.3, 0.4) is 0 Å². The number of nitrogens with one attached hydrogen (secondary N) is 2. The average molecular weight is 1120 g/mol. The number of carbonyl (C=O) groups excluding carboxylic acids is 3. The Morgan fingerprint density at radius 1 is 0.675 bits per heavy atom. The predicted octanol–water partition coefficient (Wildman–Crippen LogP) is 3.66. The van der Waals surface area contributed by atoms with Gasteiger partial charge in [-0.1, -0.05) is 19.9 Å².